The van der Waals surface area contributed by atoms with Crippen molar-refractivity contribution in [3.8, 4) is 5.75 Å². The number of nitrogens with one attached hydrogen (secondary N) is 2. The first-order valence-corrected chi connectivity index (χ1v) is 11.3. The summed E-state index contributed by atoms with van der Waals surface area (Å²) < 4.78 is 33.9. The zero-order valence-corrected chi connectivity index (χ0v) is 18.3. The van der Waals surface area contributed by atoms with Crippen LogP contribution in [0.3, 0.4) is 0 Å². The van der Waals surface area contributed by atoms with Crippen molar-refractivity contribution >= 4 is 44.2 Å². The molecule has 0 saturated heterocycles. The number of ether oxygens (including phenoxy) is 1. The summed E-state index contributed by atoms with van der Waals surface area (Å²) in [4.78, 5) is 12.1. The molecule has 8 heteroatoms. The minimum atomic E-state index is -3.64. The average molecular weight is 522 g/mol. The van der Waals surface area contributed by atoms with E-state index >= 15 is 0 Å². The summed E-state index contributed by atoms with van der Waals surface area (Å²) in [6.45, 7) is 0.0322. The second-order valence-electron chi connectivity index (χ2n) is 6.13. The standard InChI is InChI=1S/C21H19IN2O4S/c22-17-6-8-18(9-7-17)24-21(25)15-28-19-10-12-20(13-11-19)29(26,27)23-14-16-4-2-1-3-5-16/h1-13,23H,14-15H2,(H,24,25). The maximum atomic E-state index is 12.4. The van der Waals surface area contributed by atoms with Crippen molar-refractivity contribution in [2.24, 2.45) is 0 Å². The molecule has 29 heavy (non-hydrogen) atoms. The van der Waals surface area contributed by atoms with Gasteiger partial charge in [-0.25, -0.2) is 13.1 Å². The third-order valence-corrected chi connectivity index (χ3v) is 6.08. The summed E-state index contributed by atoms with van der Waals surface area (Å²) >= 11 is 2.19. The molecule has 3 rings (SSSR count). The Bertz CT molecular complexity index is 1050. The van der Waals surface area contributed by atoms with Gasteiger partial charge in [0.25, 0.3) is 5.91 Å². The Balaban J connectivity index is 1.52. The van der Waals surface area contributed by atoms with Crippen molar-refractivity contribution in [1.82, 2.24) is 4.72 Å². The first-order chi connectivity index (χ1) is 13.9. The summed E-state index contributed by atoms with van der Waals surface area (Å²) in [6, 6.07) is 22.6. The SMILES string of the molecule is O=C(COc1ccc(S(=O)(=O)NCc2ccccc2)cc1)Nc1ccc(I)cc1. The predicted octanol–water partition coefficient (Wildman–Crippen LogP) is 3.79. The first-order valence-electron chi connectivity index (χ1n) is 8.74. The second kappa shape index (κ2) is 9.86. The number of anilines is 1. The van der Waals surface area contributed by atoms with Crippen LogP contribution in [0.15, 0.2) is 83.8 Å². The average Bonchev–Trinajstić information content (AvgIpc) is 2.74. The van der Waals surface area contributed by atoms with Crippen LogP contribution in [0, 0.1) is 3.57 Å². The topological polar surface area (TPSA) is 84.5 Å². The largest absolute Gasteiger partial charge is 0.484 e. The molecule has 0 heterocycles. The van der Waals surface area contributed by atoms with Gasteiger partial charge in [-0.2, -0.15) is 0 Å². The molecule has 6 nitrogen and oxygen atoms in total. The van der Waals surface area contributed by atoms with Gasteiger partial charge in [0.05, 0.1) is 4.90 Å². The van der Waals surface area contributed by atoms with Crippen LogP contribution in [0.25, 0.3) is 0 Å². The lowest BCUT2D eigenvalue weighted by Crippen LogP contribution is -2.23. The van der Waals surface area contributed by atoms with Crippen molar-refractivity contribution in [2.75, 3.05) is 11.9 Å². The molecule has 0 aliphatic rings. The third-order valence-electron chi connectivity index (χ3n) is 3.94. The van der Waals surface area contributed by atoms with Gasteiger partial charge < -0.3 is 10.1 Å². The predicted molar refractivity (Wildman–Crippen MR) is 120 cm³/mol. The number of hydrogen-bond acceptors (Lipinski definition) is 4. The maximum Gasteiger partial charge on any atom is 0.262 e. The van der Waals surface area contributed by atoms with Crippen LogP contribution in [-0.2, 0) is 21.4 Å². The zero-order chi connectivity index (χ0) is 20.7. The van der Waals surface area contributed by atoms with Crippen molar-refractivity contribution in [2.45, 2.75) is 11.4 Å². The lowest BCUT2D eigenvalue weighted by molar-refractivity contribution is -0.118. The zero-order valence-electron chi connectivity index (χ0n) is 15.3. The number of sulfonamides is 1. The lowest BCUT2D eigenvalue weighted by atomic mass is 10.2. The third kappa shape index (κ3) is 6.55. The summed E-state index contributed by atoms with van der Waals surface area (Å²) in [6.07, 6.45) is 0. The van der Waals surface area contributed by atoms with Crippen LogP contribution in [0.5, 0.6) is 5.75 Å². The van der Waals surface area contributed by atoms with Crippen LogP contribution >= 0.6 is 22.6 Å². The van der Waals surface area contributed by atoms with Gasteiger partial charge in [-0.1, -0.05) is 30.3 Å². The molecule has 0 unspecified atom stereocenters. The highest BCUT2D eigenvalue weighted by molar-refractivity contribution is 14.1. The van der Waals surface area contributed by atoms with Crippen molar-refractivity contribution in [3.05, 3.63) is 88.0 Å². The van der Waals surface area contributed by atoms with Gasteiger partial charge >= 0.3 is 0 Å². The smallest absolute Gasteiger partial charge is 0.262 e. The van der Waals surface area contributed by atoms with Crippen LogP contribution in [0.1, 0.15) is 5.56 Å². The summed E-state index contributed by atoms with van der Waals surface area (Å²) in [5, 5.41) is 2.73. The highest BCUT2D eigenvalue weighted by Crippen LogP contribution is 2.17. The van der Waals surface area contributed by atoms with Gasteiger partial charge in [-0.3, -0.25) is 4.79 Å². The normalized spacial score (nSPS) is 11.1. The molecule has 0 aliphatic heterocycles. The van der Waals surface area contributed by atoms with Crippen molar-refractivity contribution in [3.63, 3.8) is 0 Å². The molecule has 0 aromatic heterocycles. The molecular formula is C21H19IN2O4S. The molecule has 0 spiro atoms. The van der Waals surface area contributed by atoms with E-state index < -0.39 is 10.0 Å². The van der Waals surface area contributed by atoms with Gasteiger partial charge in [-0.05, 0) is 76.7 Å². The van der Waals surface area contributed by atoms with Gasteiger partial charge in [0.1, 0.15) is 5.75 Å². The molecule has 0 saturated carbocycles. The fraction of sp³-hybridized carbons (Fsp3) is 0.0952. The summed E-state index contributed by atoms with van der Waals surface area (Å²) in [5.74, 6) is 0.109. The van der Waals surface area contributed by atoms with E-state index in [1.165, 1.54) is 24.3 Å². The molecule has 0 radical (unpaired) electrons. The van der Waals surface area contributed by atoms with Crippen LogP contribution < -0.4 is 14.8 Å². The van der Waals surface area contributed by atoms with Gasteiger partial charge in [-0.15, -0.1) is 0 Å². The van der Waals surface area contributed by atoms with E-state index in [1.54, 1.807) is 0 Å². The minimum Gasteiger partial charge on any atom is -0.484 e. The maximum absolute atomic E-state index is 12.4. The number of amides is 1. The van der Waals surface area contributed by atoms with Crippen LogP contribution in [0.2, 0.25) is 0 Å². The number of halogens is 1. The molecule has 0 bridgehead atoms. The Morgan fingerprint density at radius 3 is 2.21 bits per heavy atom. The molecule has 3 aromatic rings. The second-order valence-corrected chi connectivity index (χ2v) is 9.14. The number of carbonyl (C=O) groups is 1. The fourth-order valence-corrected chi connectivity index (χ4v) is 3.83. The highest BCUT2D eigenvalue weighted by Gasteiger charge is 2.14. The highest BCUT2D eigenvalue weighted by atomic mass is 127. The van der Waals surface area contributed by atoms with Crippen molar-refractivity contribution in [1.29, 1.82) is 0 Å². The number of benzene rings is 3. The Hall–Kier alpha value is -2.43. The Morgan fingerprint density at radius 2 is 1.55 bits per heavy atom. The lowest BCUT2D eigenvalue weighted by Gasteiger charge is -2.09. The van der Waals surface area contributed by atoms with E-state index in [2.05, 4.69) is 32.6 Å². The number of hydrogen-bond donors (Lipinski definition) is 2. The summed E-state index contributed by atoms with van der Waals surface area (Å²) in [5.41, 5.74) is 1.56. The van der Waals surface area contributed by atoms with Gasteiger partial charge in [0.15, 0.2) is 6.61 Å². The molecule has 2 N–H and O–H groups in total. The Kier molecular flexibility index (Phi) is 7.24. The molecule has 0 atom stereocenters. The number of rotatable bonds is 8. The van der Waals surface area contributed by atoms with Crippen LogP contribution in [0.4, 0.5) is 5.69 Å². The van der Waals surface area contributed by atoms with E-state index in [4.69, 9.17) is 4.74 Å². The quantitative estimate of drug-likeness (QED) is 0.441. The molecule has 0 aliphatic carbocycles. The molecule has 3 aromatic carbocycles. The first kappa shape index (κ1) is 21.3. The minimum absolute atomic E-state index is 0.129. The van der Waals surface area contributed by atoms with Gasteiger partial charge in [0, 0.05) is 15.8 Å². The molecule has 150 valence electrons. The van der Waals surface area contributed by atoms with E-state index in [-0.39, 0.29) is 24.0 Å². The van der Waals surface area contributed by atoms with Gasteiger partial charge in [0.2, 0.25) is 10.0 Å². The molecule has 1 amide bonds. The van der Waals surface area contributed by atoms with E-state index in [0.29, 0.717) is 11.4 Å². The van der Waals surface area contributed by atoms with E-state index in [0.717, 1.165) is 9.13 Å². The Morgan fingerprint density at radius 1 is 0.897 bits per heavy atom. The monoisotopic (exact) mass is 522 g/mol. The Labute approximate surface area is 183 Å². The molecular weight excluding hydrogens is 503 g/mol. The number of carbonyl (C=O) groups excluding carboxylic acids is 1. The molecule has 0 fully saturated rings. The summed E-state index contributed by atoms with van der Waals surface area (Å²) in [7, 11) is -3.64. The fourth-order valence-electron chi connectivity index (χ4n) is 2.45. The van der Waals surface area contributed by atoms with Crippen molar-refractivity contribution < 1.29 is 17.9 Å². The van der Waals surface area contributed by atoms with E-state index in [1.807, 2.05) is 54.6 Å². The van der Waals surface area contributed by atoms with E-state index in [9.17, 15) is 13.2 Å². The van der Waals surface area contributed by atoms with Crippen LogP contribution in [-0.4, -0.2) is 20.9 Å².